The third-order valence-electron chi connectivity index (χ3n) is 5.38. The minimum Gasteiger partial charge on any atom is -0.493 e. The number of allylic oxidation sites excluding steroid dienone is 1. The van der Waals surface area contributed by atoms with Crippen LogP contribution in [0.2, 0.25) is 0 Å². The fourth-order valence-corrected chi connectivity index (χ4v) is 3.72. The first-order valence-corrected chi connectivity index (χ1v) is 11.8. The van der Waals surface area contributed by atoms with E-state index in [9.17, 15) is 0 Å². The van der Waals surface area contributed by atoms with Gasteiger partial charge in [-0.05, 0) is 74.4 Å². The van der Waals surface area contributed by atoms with Gasteiger partial charge in [0.2, 0.25) is 0 Å². The van der Waals surface area contributed by atoms with Crippen LogP contribution in [0.4, 0.5) is 0 Å². The Morgan fingerprint density at radius 1 is 0.875 bits per heavy atom. The maximum absolute atomic E-state index is 6.08. The molecule has 0 radical (unpaired) electrons. The van der Waals surface area contributed by atoms with Gasteiger partial charge >= 0.3 is 0 Å². The lowest BCUT2D eigenvalue weighted by Gasteiger charge is -2.14. The van der Waals surface area contributed by atoms with Gasteiger partial charge in [-0.2, -0.15) is 0 Å². The van der Waals surface area contributed by atoms with Crippen molar-refractivity contribution in [1.29, 1.82) is 0 Å². The molecule has 4 nitrogen and oxygen atoms in total. The molecule has 0 heterocycles. The zero-order chi connectivity index (χ0) is 23.0. The van der Waals surface area contributed by atoms with Crippen LogP contribution in [0.5, 0.6) is 11.5 Å². The Morgan fingerprint density at radius 3 is 2.31 bits per heavy atom. The van der Waals surface area contributed by atoms with E-state index in [0.29, 0.717) is 6.61 Å². The predicted octanol–water partition coefficient (Wildman–Crippen LogP) is 7.20. The Labute approximate surface area is 194 Å². The standard InChI is InChI=1S/C28H39NO3/c1-5-6-17-31-27-19-23(2)28(24(3)20-27)32-18-12-10-8-7-9-11-14-25-15-13-16-26(21-25)22-29-30-4/h5-6,13,15-16,19-22H,7-12,14,17-18H2,1-4H3/b6-5+,29-22?. The Hall–Kier alpha value is -2.75. The summed E-state index contributed by atoms with van der Waals surface area (Å²) in [7, 11) is 1.56. The topological polar surface area (TPSA) is 40.0 Å². The maximum atomic E-state index is 6.08. The molecule has 2 aromatic carbocycles. The smallest absolute Gasteiger partial charge is 0.125 e. The molecular formula is C28H39NO3. The molecule has 0 atom stereocenters. The van der Waals surface area contributed by atoms with Crippen LogP contribution in [0, 0.1) is 13.8 Å². The zero-order valence-corrected chi connectivity index (χ0v) is 20.2. The van der Waals surface area contributed by atoms with Crippen molar-refractivity contribution in [3.05, 3.63) is 70.8 Å². The fourth-order valence-electron chi connectivity index (χ4n) is 3.72. The molecule has 0 aromatic heterocycles. The summed E-state index contributed by atoms with van der Waals surface area (Å²) in [6.45, 7) is 7.55. The Balaban J connectivity index is 1.58. The molecule has 0 aliphatic rings. The lowest BCUT2D eigenvalue weighted by Crippen LogP contribution is -2.02. The van der Waals surface area contributed by atoms with Crippen LogP contribution in [-0.2, 0) is 11.3 Å². The molecule has 0 spiro atoms. The third kappa shape index (κ3) is 9.59. The van der Waals surface area contributed by atoms with Gasteiger partial charge in [0.1, 0.15) is 25.2 Å². The largest absolute Gasteiger partial charge is 0.493 e. The van der Waals surface area contributed by atoms with Crippen molar-refractivity contribution in [2.75, 3.05) is 20.3 Å². The highest BCUT2D eigenvalue weighted by Gasteiger charge is 2.07. The minimum absolute atomic E-state index is 0.602. The molecule has 4 heteroatoms. The SMILES string of the molecule is C/C=C/COc1cc(C)c(OCCCCCCCCc2cccc(C=NOC)c2)c(C)c1. The van der Waals surface area contributed by atoms with Gasteiger partial charge in [0.15, 0.2) is 0 Å². The molecule has 0 saturated carbocycles. The van der Waals surface area contributed by atoms with E-state index in [0.717, 1.165) is 47.6 Å². The van der Waals surface area contributed by atoms with E-state index in [2.05, 4.69) is 49.3 Å². The summed E-state index contributed by atoms with van der Waals surface area (Å²) in [5.74, 6) is 1.90. The average molecular weight is 438 g/mol. The molecule has 174 valence electrons. The Kier molecular flexibility index (Phi) is 12.1. The number of oxime groups is 1. The molecule has 32 heavy (non-hydrogen) atoms. The van der Waals surface area contributed by atoms with E-state index in [1.54, 1.807) is 13.3 Å². The lowest BCUT2D eigenvalue weighted by atomic mass is 10.0. The quantitative estimate of drug-likeness (QED) is 0.128. The first-order valence-electron chi connectivity index (χ1n) is 11.8. The minimum atomic E-state index is 0.602. The van der Waals surface area contributed by atoms with Gasteiger partial charge in [-0.25, -0.2) is 0 Å². The molecule has 0 fully saturated rings. The van der Waals surface area contributed by atoms with Gasteiger partial charge in [0.05, 0.1) is 12.8 Å². The van der Waals surface area contributed by atoms with E-state index in [1.807, 2.05) is 25.1 Å². The zero-order valence-electron chi connectivity index (χ0n) is 20.2. The second kappa shape index (κ2) is 15.1. The number of nitrogens with zero attached hydrogens (tertiary/aromatic N) is 1. The van der Waals surface area contributed by atoms with Crippen LogP contribution >= 0.6 is 0 Å². The van der Waals surface area contributed by atoms with Gasteiger partial charge in [0, 0.05) is 0 Å². The normalized spacial score (nSPS) is 11.4. The van der Waals surface area contributed by atoms with Crippen molar-refractivity contribution in [2.45, 2.75) is 65.7 Å². The third-order valence-corrected chi connectivity index (χ3v) is 5.38. The number of hydrogen-bond donors (Lipinski definition) is 0. The Bertz CT molecular complexity index is 835. The summed E-state index contributed by atoms with van der Waals surface area (Å²) >= 11 is 0. The lowest BCUT2D eigenvalue weighted by molar-refractivity contribution is 0.215. The summed E-state index contributed by atoms with van der Waals surface area (Å²) in [5, 5.41) is 3.83. The van der Waals surface area contributed by atoms with Crippen molar-refractivity contribution < 1.29 is 14.3 Å². The summed E-state index contributed by atoms with van der Waals surface area (Å²) < 4.78 is 11.8. The fraction of sp³-hybridized carbons (Fsp3) is 0.464. The van der Waals surface area contributed by atoms with Gasteiger partial charge in [-0.3, -0.25) is 0 Å². The summed E-state index contributed by atoms with van der Waals surface area (Å²) in [4.78, 5) is 4.75. The number of ether oxygens (including phenoxy) is 2. The molecule has 2 rings (SSSR count). The van der Waals surface area contributed by atoms with Crippen LogP contribution in [0.25, 0.3) is 0 Å². The van der Waals surface area contributed by atoms with Crippen molar-refractivity contribution in [1.82, 2.24) is 0 Å². The van der Waals surface area contributed by atoms with Crippen LogP contribution in [0.3, 0.4) is 0 Å². The van der Waals surface area contributed by atoms with Gasteiger partial charge in [-0.15, -0.1) is 0 Å². The first kappa shape index (κ1) is 25.5. The van der Waals surface area contributed by atoms with E-state index in [1.165, 1.54) is 37.7 Å². The summed E-state index contributed by atoms with van der Waals surface area (Å²) in [6, 6.07) is 12.6. The number of hydrogen-bond acceptors (Lipinski definition) is 4. The molecule has 0 amide bonds. The molecule has 0 bridgehead atoms. The molecule has 0 unspecified atom stereocenters. The number of benzene rings is 2. The molecular weight excluding hydrogens is 398 g/mol. The number of unbranched alkanes of at least 4 members (excludes halogenated alkanes) is 5. The molecule has 0 saturated heterocycles. The van der Waals surface area contributed by atoms with Crippen LogP contribution in [-0.4, -0.2) is 26.5 Å². The predicted molar refractivity (Wildman–Crippen MR) is 134 cm³/mol. The van der Waals surface area contributed by atoms with Crippen molar-refractivity contribution in [3.63, 3.8) is 0 Å². The molecule has 2 aromatic rings. The average Bonchev–Trinajstić information content (AvgIpc) is 2.78. The van der Waals surface area contributed by atoms with E-state index in [4.69, 9.17) is 14.3 Å². The highest BCUT2D eigenvalue weighted by Crippen LogP contribution is 2.28. The Morgan fingerprint density at radius 2 is 1.59 bits per heavy atom. The number of aryl methyl sites for hydroxylation is 3. The summed E-state index contributed by atoms with van der Waals surface area (Å²) in [5.41, 5.74) is 4.73. The van der Waals surface area contributed by atoms with Gasteiger partial charge in [-0.1, -0.05) is 67.3 Å². The molecule has 0 aliphatic heterocycles. The number of rotatable bonds is 15. The van der Waals surface area contributed by atoms with Gasteiger partial charge in [0.25, 0.3) is 0 Å². The second-order valence-corrected chi connectivity index (χ2v) is 8.15. The second-order valence-electron chi connectivity index (χ2n) is 8.15. The monoisotopic (exact) mass is 437 g/mol. The highest BCUT2D eigenvalue weighted by molar-refractivity contribution is 5.79. The van der Waals surface area contributed by atoms with Crippen LogP contribution in [0.15, 0.2) is 53.7 Å². The van der Waals surface area contributed by atoms with Crippen LogP contribution in [0.1, 0.15) is 67.7 Å². The first-order chi connectivity index (χ1) is 15.6. The molecule has 0 aliphatic carbocycles. The van der Waals surface area contributed by atoms with E-state index < -0.39 is 0 Å². The van der Waals surface area contributed by atoms with Crippen molar-refractivity contribution >= 4 is 6.21 Å². The molecule has 0 N–H and O–H groups in total. The van der Waals surface area contributed by atoms with Crippen molar-refractivity contribution in [2.24, 2.45) is 5.16 Å². The highest BCUT2D eigenvalue weighted by atomic mass is 16.6. The maximum Gasteiger partial charge on any atom is 0.125 e. The van der Waals surface area contributed by atoms with Crippen molar-refractivity contribution in [3.8, 4) is 11.5 Å². The van der Waals surface area contributed by atoms with E-state index >= 15 is 0 Å². The summed E-state index contributed by atoms with van der Waals surface area (Å²) in [6.07, 6.45) is 14.2. The van der Waals surface area contributed by atoms with Crippen LogP contribution < -0.4 is 9.47 Å². The van der Waals surface area contributed by atoms with E-state index in [-0.39, 0.29) is 0 Å². The van der Waals surface area contributed by atoms with Gasteiger partial charge < -0.3 is 14.3 Å².